The standard InChI is InChI=1S/C27H36N2O5/c1-18(2)14-26(30)29-17-22-9-7-6-8-21(22)15-23(29)27(31)28-19(3)20-10-11-24(25(16-20)33-5)34-13-12-32-4/h6-11,16,18-19,23H,12-15,17H2,1-5H3,(H,28,31). The molecule has 1 aliphatic rings. The molecule has 2 amide bonds. The molecule has 0 aliphatic carbocycles. The number of ether oxygens (including phenoxy) is 3. The average Bonchev–Trinajstić information content (AvgIpc) is 2.82. The maximum absolute atomic E-state index is 13.4. The molecule has 2 aromatic carbocycles. The van der Waals surface area contributed by atoms with E-state index in [1.165, 1.54) is 0 Å². The highest BCUT2D eigenvalue weighted by Gasteiger charge is 2.35. The first-order valence-corrected chi connectivity index (χ1v) is 11.8. The zero-order valence-electron chi connectivity index (χ0n) is 20.8. The summed E-state index contributed by atoms with van der Waals surface area (Å²) in [7, 11) is 3.21. The van der Waals surface area contributed by atoms with E-state index in [9.17, 15) is 9.59 Å². The van der Waals surface area contributed by atoms with Gasteiger partial charge in [0.15, 0.2) is 11.5 Å². The van der Waals surface area contributed by atoms with Crippen molar-refractivity contribution in [2.24, 2.45) is 5.92 Å². The minimum absolute atomic E-state index is 0.0107. The molecule has 2 aromatic rings. The van der Waals surface area contributed by atoms with Crippen molar-refractivity contribution in [3.63, 3.8) is 0 Å². The van der Waals surface area contributed by atoms with Gasteiger partial charge < -0.3 is 24.4 Å². The van der Waals surface area contributed by atoms with Crippen LogP contribution in [0, 0.1) is 5.92 Å². The highest BCUT2D eigenvalue weighted by atomic mass is 16.5. The number of nitrogens with zero attached hydrogens (tertiary/aromatic N) is 1. The summed E-state index contributed by atoms with van der Waals surface area (Å²) in [6.07, 6.45) is 0.928. The first-order valence-electron chi connectivity index (χ1n) is 11.8. The minimum Gasteiger partial charge on any atom is -0.493 e. The molecule has 1 aliphatic heterocycles. The van der Waals surface area contributed by atoms with E-state index in [0.717, 1.165) is 16.7 Å². The van der Waals surface area contributed by atoms with E-state index in [4.69, 9.17) is 14.2 Å². The van der Waals surface area contributed by atoms with Gasteiger partial charge in [-0.15, -0.1) is 0 Å². The second-order valence-electron chi connectivity index (χ2n) is 9.09. The van der Waals surface area contributed by atoms with E-state index in [1.807, 2.05) is 63.2 Å². The zero-order chi connectivity index (χ0) is 24.7. The number of hydrogen-bond donors (Lipinski definition) is 1. The van der Waals surface area contributed by atoms with E-state index in [0.29, 0.717) is 44.1 Å². The van der Waals surface area contributed by atoms with Crippen LogP contribution in [0.3, 0.4) is 0 Å². The summed E-state index contributed by atoms with van der Waals surface area (Å²) >= 11 is 0. The van der Waals surface area contributed by atoms with Gasteiger partial charge in [0.2, 0.25) is 11.8 Å². The molecular formula is C27H36N2O5. The third kappa shape index (κ3) is 6.29. The summed E-state index contributed by atoms with van der Waals surface area (Å²) < 4.78 is 16.2. The molecule has 1 heterocycles. The number of amides is 2. The van der Waals surface area contributed by atoms with Crippen LogP contribution in [0.1, 0.15) is 49.9 Å². The summed E-state index contributed by atoms with van der Waals surface area (Å²) in [4.78, 5) is 28.2. The normalized spacial score (nSPS) is 16.1. The molecule has 3 rings (SSSR count). The quantitative estimate of drug-likeness (QED) is 0.535. The number of carbonyl (C=O) groups excluding carboxylic acids is 2. The van der Waals surface area contributed by atoms with Crippen molar-refractivity contribution in [1.29, 1.82) is 0 Å². The summed E-state index contributed by atoms with van der Waals surface area (Å²) in [6, 6.07) is 12.8. The molecule has 0 fully saturated rings. The number of nitrogens with one attached hydrogen (secondary N) is 1. The lowest BCUT2D eigenvalue weighted by Crippen LogP contribution is -2.53. The molecule has 7 nitrogen and oxygen atoms in total. The van der Waals surface area contributed by atoms with E-state index in [2.05, 4.69) is 5.32 Å². The van der Waals surface area contributed by atoms with Crippen molar-refractivity contribution in [3.8, 4) is 11.5 Å². The number of carbonyl (C=O) groups is 2. The van der Waals surface area contributed by atoms with Crippen LogP contribution >= 0.6 is 0 Å². The lowest BCUT2D eigenvalue weighted by Gasteiger charge is -2.37. The lowest BCUT2D eigenvalue weighted by atomic mass is 9.92. The number of rotatable bonds is 10. The van der Waals surface area contributed by atoms with Gasteiger partial charge in [-0.1, -0.05) is 44.2 Å². The van der Waals surface area contributed by atoms with Crippen LogP contribution in [0.2, 0.25) is 0 Å². The molecule has 0 bridgehead atoms. The molecule has 2 unspecified atom stereocenters. The van der Waals surface area contributed by atoms with E-state index < -0.39 is 6.04 Å². The Morgan fingerprint density at radius 3 is 2.44 bits per heavy atom. The Hall–Kier alpha value is -3.06. The zero-order valence-corrected chi connectivity index (χ0v) is 20.8. The number of hydrogen-bond acceptors (Lipinski definition) is 5. The number of methoxy groups -OCH3 is 2. The molecule has 0 saturated heterocycles. The van der Waals surface area contributed by atoms with E-state index in [-0.39, 0.29) is 23.8 Å². The van der Waals surface area contributed by atoms with Gasteiger partial charge in [0.05, 0.1) is 19.8 Å². The predicted octanol–water partition coefficient (Wildman–Crippen LogP) is 3.90. The third-order valence-corrected chi connectivity index (χ3v) is 6.05. The van der Waals surface area contributed by atoms with Gasteiger partial charge in [-0.05, 0) is 41.7 Å². The predicted molar refractivity (Wildman–Crippen MR) is 131 cm³/mol. The highest BCUT2D eigenvalue weighted by Crippen LogP contribution is 2.31. The summed E-state index contributed by atoms with van der Waals surface area (Å²) in [5, 5.41) is 3.11. The van der Waals surface area contributed by atoms with Crippen LogP contribution in [0.15, 0.2) is 42.5 Å². The Morgan fingerprint density at radius 1 is 1.03 bits per heavy atom. The summed E-state index contributed by atoms with van der Waals surface area (Å²) in [5.74, 6) is 1.30. The van der Waals surface area contributed by atoms with E-state index in [1.54, 1.807) is 19.1 Å². The minimum atomic E-state index is -0.540. The Balaban J connectivity index is 1.76. The molecule has 34 heavy (non-hydrogen) atoms. The van der Waals surface area contributed by atoms with Gasteiger partial charge in [0.1, 0.15) is 12.6 Å². The Morgan fingerprint density at radius 2 is 1.76 bits per heavy atom. The molecule has 7 heteroatoms. The molecule has 0 spiro atoms. The number of benzene rings is 2. The monoisotopic (exact) mass is 468 g/mol. The van der Waals surface area contributed by atoms with Gasteiger partial charge in [0, 0.05) is 26.5 Å². The molecular weight excluding hydrogens is 432 g/mol. The van der Waals surface area contributed by atoms with Crippen molar-refractivity contribution < 1.29 is 23.8 Å². The van der Waals surface area contributed by atoms with Crippen LogP contribution in [-0.2, 0) is 27.3 Å². The van der Waals surface area contributed by atoms with E-state index >= 15 is 0 Å². The van der Waals surface area contributed by atoms with Crippen molar-refractivity contribution >= 4 is 11.8 Å². The topological polar surface area (TPSA) is 77.1 Å². The maximum Gasteiger partial charge on any atom is 0.243 e. The third-order valence-electron chi connectivity index (χ3n) is 6.05. The van der Waals surface area contributed by atoms with Gasteiger partial charge in [-0.25, -0.2) is 0 Å². The largest absolute Gasteiger partial charge is 0.493 e. The van der Waals surface area contributed by atoms with Crippen LogP contribution in [0.4, 0.5) is 0 Å². The number of fused-ring (bicyclic) bond motifs is 1. The Bertz CT molecular complexity index is 991. The van der Waals surface area contributed by atoms with Gasteiger partial charge in [-0.2, -0.15) is 0 Å². The van der Waals surface area contributed by atoms with Crippen molar-refractivity contribution in [2.75, 3.05) is 27.4 Å². The molecule has 0 radical (unpaired) electrons. The first kappa shape index (κ1) is 25.6. The molecule has 184 valence electrons. The van der Waals surface area contributed by atoms with Crippen molar-refractivity contribution in [3.05, 3.63) is 59.2 Å². The highest BCUT2D eigenvalue weighted by molar-refractivity contribution is 5.88. The molecule has 0 aromatic heterocycles. The molecule has 1 N–H and O–H groups in total. The lowest BCUT2D eigenvalue weighted by molar-refractivity contribution is -0.142. The van der Waals surface area contributed by atoms with Crippen LogP contribution in [0.25, 0.3) is 0 Å². The average molecular weight is 469 g/mol. The fourth-order valence-corrected chi connectivity index (χ4v) is 4.19. The second-order valence-corrected chi connectivity index (χ2v) is 9.09. The summed E-state index contributed by atoms with van der Waals surface area (Å²) in [5.41, 5.74) is 3.11. The van der Waals surface area contributed by atoms with Crippen molar-refractivity contribution in [2.45, 2.75) is 52.2 Å². The summed E-state index contributed by atoms with van der Waals surface area (Å²) in [6.45, 7) is 7.31. The first-order chi connectivity index (χ1) is 16.3. The second kappa shape index (κ2) is 11.9. The smallest absolute Gasteiger partial charge is 0.243 e. The Kier molecular flexibility index (Phi) is 8.93. The maximum atomic E-state index is 13.4. The fourth-order valence-electron chi connectivity index (χ4n) is 4.19. The van der Waals surface area contributed by atoms with Gasteiger partial charge in [0.25, 0.3) is 0 Å². The molecule has 0 saturated carbocycles. The van der Waals surface area contributed by atoms with Gasteiger partial charge in [-0.3, -0.25) is 9.59 Å². The SMILES string of the molecule is COCCOc1ccc(C(C)NC(=O)C2Cc3ccccc3CN2C(=O)CC(C)C)cc1OC. The van der Waals surface area contributed by atoms with Gasteiger partial charge >= 0.3 is 0 Å². The van der Waals surface area contributed by atoms with Crippen LogP contribution < -0.4 is 14.8 Å². The molecule has 2 atom stereocenters. The van der Waals surface area contributed by atoms with Crippen LogP contribution in [-0.4, -0.2) is 50.2 Å². The van der Waals surface area contributed by atoms with Crippen molar-refractivity contribution in [1.82, 2.24) is 10.2 Å². The van der Waals surface area contributed by atoms with Crippen LogP contribution in [0.5, 0.6) is 11.5 Å². The Labute approximate surface area is 202 Å². The fraction of sp³-hybridized carbons (Fsp3) is 0.481.